The number of aromatic nitrogens is 3. The molecule has 0 radical (unpaired) electrons. The first-order valence-electron chi connectivity index (χ1n) is 18.1. The van der Waals surface area contributed by atoms with Crippen molar-refractivity contribution in [1.29, 1.82) is 0 Å². The number of hydrogen-bond acceptors (Lipinski definition) is 11. The van der Waals surface area contributed by atoms with Gasteiger partial charge in [0.1, 0.15) is 22.9 Å². The van der Waals surface area contributed by atoms with Crippen molar-refractivity contribution in [3.05, 3.63) is 41.7 Å². The minimum Gasteiger partial charge on any atom is -0.384 e. The summed E-state index contributed by atoms with van der Waals surface area (Å²) in [4.78, 5) is 73.5. The Morgan fingerprint density at radius 3 is 2.30 bits per heavy atom. The van der Waals surface area contributed by atoms with Crippen molar-refractivity contribution in [1.82, 2.24) is 25.2 Å². The number of benzene rings is 1. The molecule has 2 saturated heterocycles. The second-order valence-electron chi connectivity index (χ2n) is 15.1. The predicted molar refractivity (Wildman–Crippen MR) is 191 cm³/mol. The Morgan fingerprint density at radius 2 is 1.72 bits per heavy atom. The van der Waals surface area contributed by atoms with Gasteiger partial charge in [0.25, 0.3) is 17.7 Å². The number of Topliss-reactive ketones (excluding diaryl/α,β-unsaturated/α-hetero) is 1. The van der Waals surface area contributed by atoms with Gasteiger partial charge in [0.2, 0.25) is 11.7 Å². The van der Waals surface area contributed by atoms with Crippen LogP contribution >= 0.6 is 0 Å². The van der Waals surface area contributed by atoms with E-state index in [4.69, 9.17) is 10.5 Å². The lowest BCUT2D eigenvalue weighted by atomic mass is 9.84. The van der Waals surface area contributed by atoms with Gasteiger partial charge >= 0.3 is 0 Å². The van der Waals surface area contributed by atoms with Crippen molar-refractivity contribution in [3.8, 4) is 0 Å². The molecule has 3 heterocycles. The minimum absolute atomic E-state index is 0.00219. The number of ketones is 1. The third kappa shape index (κ3) is 8.73. The lowest BCUT2D eigenvalue weighted by Gasteiger charge is -2.37. The quantitative estimate of drug-likeness (QED) is 0.209. The van der Waals surface area contributed by atoms with E-state index in [1.807, 2.05) is 0 Å². The summed E-state index contributed by atoms with van der Waals surface area (Å²) < 4.78 is 32.2. The Balaban J connectivity index is 1.52. The molecule has 5 rings (SSSR count). The number of amides is 4. The molecule has 4 amide bonds. The lowest BCUT2D eigenvalue weighted by Crippen LogP contribution is -2.63. The zero-order valence-electron chi connectivity index (χ0n) is 30.6. The summed E-state index contributed by atoms with van der Waals surface area (Å²) in [6, 6.07) is 3.53. The van der Waals surface area contributed by atoms with Gasteiger partial charge in [-0.25, -0.2) is 18.1 Å². The number of sulfone groups is 1. The normalized spacial score (nSPS) is 21.4. The van der Waals surface area contributed by atoms with Gasteiger partial charge in [-0.1, -0.05) is 37.3 Å². The number of primary amides is 1. The fourth-order valence-electron chi connectivity index (χ4n) is 7.36. The molecular weight excluding hydrogens is 707 g/mol. The molecule has 0 spiro atoms. The Bertz CT molecular complexity index is 1850. The average molecular weight is 756 g/mol. The number of rotatable bonds is 12. The van der Waals surface area contributed by atoms with Crippen LogP contribution in [0.5, 0.6) is 0 Å². The molecule has 1 aromatic carbocycles. The van der Waals surface area contributed by atoms with Crippen LogP contribution in [-0.4, -0.2) is 105 Å². The van der Waals surface area contributed by atoms with E-state index in [9.17, 15) is 37.5 Å². The fraction of sp³-hybridized carbons (Fsp3) is 0.611. The van der Waals surface area contributed by atoms with Gasteiger partial charge in [-0.2, -0.15) is 0 Å². The van der Waals surface area contributed by atoms with Crippen molar-refractivity contribution in [3.63, 3.8) is 0 Å². The van der Waals surface area contributed by atoms with Crippen LogP contribution in [0.25, 0.3) is 0 Å². The van der Waals surface area contributed by atoms with Crippen molar-refractivity contribution < 1.29 is 42.2 Å². The predicted octanol–water partition coefficient (Wildman–Crippen LogP) is 1.80. The molecule has 3 fully saturated rings. The second kappa shape index (κ2) is 15.9. The molecule has 2 aliphatic heterocycles. The summed E-state index contributed by atoms with van der Waals surface area (Å²) >= 11 is 0. The van der Waals surface area contributed by atoms with Crippen LogP contribution in [0.15, 0.2) is 40.4 Å². The van der Waals surface area contributed by atoms with Crippen LogP contribution in [0.1, 0.15) is 108 Å². The molecule has 0 bridgehead atoms. The first-order valence-corrected chi connectivity index (χ1v) is 19.6. The summed E-state index contributed by atoms with van der Waals surface area (Å²) in [5.74, 6) is -4.26. The molecule has 0 unspecified atom stereocenters. The highest BCUT2D eigenvalue weighted by molar-refractivity contribution is 7.92. The molecule has 53 heavy (non-hydrogen) atoms. The maximum atomic E-state index is 14.7. The van der Waals surface area contributed by atoms with Gasteiger partial charge < -0.3 is 25.8 Å². The van der Waals surface area contributed by atoms with Crippen LogP contribution in [0.3, 0.4) is 0 Å². The monoisotopic (exact) mass is 755 g/mol. The summed E-state index contributed by atoms with van der Waals surface area (Å²) in [6.45, 7) is 6.33. The van der Waals surface area contributed by atoms with Crippen molar-refractivity contribution in [2.75, 3.05) is 19.8 Å². The summed E-state index contributed by atoms with van der Waals surface area (Å²) in [7, 11) is -3.59. The third-order valence-electron chi connectivity index (χ3n) is 10.5. The molecular formula is C36H49N7O9S. The lowest BCUT2D eigenvalue weighted by molar-refractivity contribution is -0.146. The van der Waals surface area contributed by atoms with E-state index in [-0.39, 0.29) is 67.5 Å². The molecule has 2 atom stereocenters. The van der Waals surface area contributed by atoms with E-state index in [1.165, 1.54) is 40.0 Å². The van der Waals surface area contributed by atoms with E-state index in [0.29, 0.717) is 5.69 Å². The van der Waals surface area contributed by atoms with E-state index < -0.39 is 67.7 Å². The Hall–Kier alpha value is -4.35. The topological polar surface area (TPSA) is 233 Å². The van der Waals surface area contributed by atoms with Gasteiger partial charge in [0.15, 0.2) is 9.84 Å². The molecule has 17 heteroatoms. The number of aliphatic imine (C=N–C) groups is 1. The molecule has 2 aromatic rings. The molecule has 1 saturated carbocycles. The van der Waals surface area contributed by atoms with E-state index in [2.05, 4.69) is 20.6 Å². The second-order valence-corrected chi connectivity index (χ2v) is 17.6. The van der Waals surface area contributed by atoms with Gasteiger partial charge in [-0.15, -0.1) is 5.10 Å². The number of nitrogens with one attached hydrogen (secondary N) is 1. The first kappa shape index (κ1) is 39.8. The Labute approximate surface area is 308 Å². The smallest absolute Gasteiger partial charge is 0.287 e. The number of nitrogens with zero attached hydrogens (tertiary/aromatic N) is 5. The van der Waals surface area contributed by atoms with Crippen molar-refractivity contribution in [2.45, 2.75) is 119 Å². The molecule has 16 nitrogen and oxygen atoms in total. The Kier molecular flexibility index (Phi) is 12.0. The number of ether oxygens (including phenoxy) is 1. The SMILES string of the molecule is CC(C)S(=O)(=O)c1ccc(C(=O)N=C(CC2CCCCC2)C(=O)N2C[C@@H](n3nncc3C(C)(C)O)C[C@H]2C(=O)NC2(C(=O)C(N)=O)CCOCC2)cc1. The fourth-order valence-corrected chi connectivity index (χ4v) is 8.42. The molecule has 1 aromatic heterocycles. The molecule has 3 aliphatic rings. The largest absolute Gasteiger partial charge is 0.384 e. The number of nitrogens with two attached hydrogens (primary N) is 1. The molecule has 288 valence electrons. The average Bonchev–Trinajstić information content (AvgIpc) is 3.80. The van der Waals surface area contributed by atoms with Crippen LogP contribution in [0.2, 0.25) is 0 Å². The maximum absolute atomic E-state index is 14.7. The number of likely N-dealkylation sites (tertiary alicyclic amines) is 1. The van der Waals surface area contributed by atoms with Gasteiger partial charge in [0, 0.05) is 44.6 Å². The number of aliphatic hydroxyl groups is 1. The van der Waals surface area contributed by atoms with Gasteiger partial charge in [-0.3, -0.25) is 24.0 Å². The maximum Gasteiger partial charge on any atom is 0.287 e. The number of carbonyl (C=O) groups is 5. The van der Waals surface area contributed by atoms with E-state index in [1.54, 1.807) is 27.7 Å². The summed E-state index contributed by atoms with van der Waals surface area (Å²) in [5.41, 5.74) is 2.76. The van der Waals surface area contributed by atoms with Crippen molar-refractivity contribution in [2.24, 2.45) is 16.6 Å². The molecule has 1 aliphatic carbocycles. The first-order chi connectivity index (χ1) is 24.9. The standard InChI is InChI=1S/C36H49N7O9S/c1-22(2)53(50,51)26-12-10-24(11-13-26)32(46)39-27(18-23-8-6-5-7-9-23)34(48)42-21-25(43-29(20-38-41-43)35(3,4)49)19-28(42)33(47)40-36(30(44)31(37)45)14-16-52-17-15-36/h10-13,20,22-23,25,28,49H,5-9,14-19,21H2,1-4H3,(H2,37,45)(H,40,47)/t25-,28-/m0/s1. The summed E-state index contributed by atoms with van der Waals surface area (Å²) in [5, 5.41) is 21.1. The van der Waals surface area contributed by atoms with Crippen LogP contribution in [-0.2, 0) is 39.4 Å². The minimum atomic E-state index is -3.59. The van der Waals surface area contributed by atoms with E-state index >= 15 is 0 Å². The van der Waals surface area contributed by atoms with Crippen LogP contribution in [0, 0.1) is 5.92 Å². The van der Waals surface area contributed by atoms with Crippen molar-refractivity contribution >= 4 is 45.0 Å². The third-order valence-corrected chi connectivity index (χ3v) is 12.7. The summed E-state index contributed by atoms with van der Waals surface area (Å²) in [6.07, 6.45) is 6.16. The Morgan fingerprint density at radius 1 is 1.08 bits per heavy atom. The molecule has 4 N–H and O–H groups in total. The highest BCUT2D eigenvalue weighted by atomic mass is 32.2. The van der Waals surface area contributed by atoms with Gasteiger partial charge in [0.05, 0.1) is 28.1 Å². The number of carbonyl (C=O) groups excluding carboxylic acids is 5. The zero-order valence-corrected chi connectivity index (χ0v) is 31.4. The van der Waals surface area contributed by atoms with Gasteiger partial charge in [-0.05, 0) is 64.3 Å². The van der Waals surface area contributed by atoms with Crippen LogP contribution in [0.4, 0.5) is 0 Å². The zero-order chi connectivity index (χ0) is 38.7. The number of hydrogen-bond donors (Lipinski definition) is 3. The highest BCUT2D eigenvalue weighted by Gasteiger charge is 2.49. The van der Waals surface area contributed by atoms with E-state index in [0.717, 1.165) is 32.1 Å². The highest BCUT2D eigenvalue weighted by Crippen LogP contribution is 2.34. The van der Waals surface area contributed by atoms with Crippen LogP contribution < -0.4 is 11.1 Å².